The van der Waals surface area contributed by atoms with Crippen LogP contribution in [-0.4, -0.2) is 30.6 Å². The molecule has 2 atom stereocenters. The number of nitro groups is 1. The van der Waals surface area contributed by atoms with Gasteiger partial charge in [-0.1, -0.05) is 0 Å². The Hall–Kier alpha value is -1.69. The lowest BCUT2D eigenvalue weighted by Crippen LogP contribution is -2.43. The highest BCUT2D eigenvalue weighted by atomic mass is 19.1. The van der Waals surface area contributed by atoms with Gasteiger partial charge in [0.1, 0.15) is 11.5 Å². The number of nitrogens with one attached hydrogen (secondary N) is 1. The van der Waals surface area contributed by atoms with E-state index in [-0.39, 0.29) is 5.69 Å². The minimum Gasteiger partial charge on any atom is -0.366 e. The molecule has 0 aliphatic carbocycles. The Morgan fingerprint density at radius 2 is 2.19 bits per heavy atom. The van der Waals surface area contributed by atoms with Crippen LogP contribution in [0.2, 0.25) is 0 Å². The Labute approximate surface area is 123 Å². The van der Waals surface area contributed by atoms with Crippen LogP contribution >= 0.6 is 0 Å². The van der Waals surface area contributed by atoms with E-state index in [1.807, 2.05) is 4.90 Å². The predicted molar refractivity (Wildman–Crippen MR) is 79.0 cm³/mol. The summed E-state index contributed by atoms with van der Waals surface area (Å²) in [7, 11) is 0. The molecule has 1 aromatic rings. The van der Waals surface area contributed by atoms with Gasteiger partial charge in [0.15, 0.2) is 0 Å². The topological polar surface area (TPSA) is 58.4 Å². The molecule has 1 N–H and O–H groups in total. The van der Waals surface area contributed by atoms with Crippen molar-refractivity contribution in [3.8, 4) is 0 Å². The molecule has 21 heavy (non-hydrogen) atoms. The van der Waals surface area contributed by atoms with E-state index < -0.39 is 10.7 Å². The molecule has 0 aromatic heterocycles. The molecular weight excluding hydrogens is 273 g/mol. The number of benzene rings is 1. The van der Waals surface area contributed by atoms with Gasteiger partial charge in [0.05, 0.1) is 4.92 Å². The van der Waals surface area contributed by atoms with Crippen molar-refractivity contribution < 1.29 is 9.31 Å². The molecule has 0 saturated carbocycles. The number of rotatable bonds is 3. The van der Waals surface area contributed by atoms with Gasteiger partial charge in [-0.05, 0) is 44.2 Å². The second-order valence-corrected chi connectivity index (χ2v) is 5.94. The summed E-state index contributed by atoms with van der Waals surface area (Å²) >= 11 is 0. The molecule has 0 radical (unpaired) electrons. The number of nitrogens with zero attached hydrogens (tertiary/aromatic N) is 2. The standard InChI is InChI=1S/C15H20FN3O2/c16-12-5-6-14(19(20)21)15(9-12)18-8-2-3-11(10-18)13-4-1-7-17-13/h5-6,9,11,13,17H,1-4,7-8,10H2. The third kappa shape index (κ3) is 3.00. The van der Waals surface area contributed by atoms with Gasteiger partial charge in [0.2, 0.25) is 0 Å². The first kappa shape index (κ1) is 14.3. The summed E-state index contributed by atoms with van der Waals surface area (Å²) in [6.07, 6.45) is 4.50. The van der Waals surface area contributed by atoms with Crippen LogP contribution < -0.4 is 10.2 Å². The van der Waals surface area contributed by atoms with Crippen molar-refractivity contribution in [2.75, 3.05) is 24.5 Å². The molecule has 3 rings (SSSR count). The lowest BCUT2D eigenvalue weighted by molar-refractivity contribution is -0.384. The molecule has 2 aliphatic rings. The lowest BCUT2D eigenvalue weighted by Gasteiger charge is -2.36. The molecule has 0 spiro atoms. The highest BCUT2D eigenvalue weighted by Crippen LogP contribution is 2.33. The van der Waals surface area contributed by atoms with Crippen molar-refractivity contribution in [2.24, 2.45) is 5.92 Å². The Morgan fingerprint density at radius 3 is 2.90 bits per heavy atom. The van der Waals surface area contributed by atoms with E-state index in [0.29, 0.717) is 17.6 Å². The van der Waals surface area contributed by atoms with Crippen molar-refractivity contribution >= 4 is 11.4 Å². The summed E-state index contributed by atoms with van der Waals surface area (Å²) < 4.78 is 13.5. The second kappa shape index (κ2) is 5.97. The van der Waals surface area contributed by atoms with E-state index in [0.717, 1.165) is 38.5 Å². The number of halogens is 1. The van der Waals surface area contributed by atoms with Gasteiger partial charge in [-0.15, -0.1) is 0 Å². The zero-order valence-corrected chi connectivity index (χ0v) is 11.9. The predicted octanol–water partition coefficient (Wildman–Crippen LogP) is 2.70. The summed E-state index contributed by atoms with van der Waals surface area (Å²) in [6.45, 7) is 2.58. The van der Waals surface area contributed by atoms with Crippen LogP contribution in [0.1, 0.15) is 25.7 Å². The molecule has 2 fully saturated rings. The SMILES string of the molecule is O=[N+]([O-])c1ccc(F)cc1N1CCCC(C2CCCN2)C1. The van der Waals surface area contributed by atoms with Gasteiger partial charge < -0.3 is 10.2 Å². The van der Waals surface area contributed by atoms with E-state index in [1.165, 1.54) is 25.0 Å². The van der Waals surface area contributed by atoms with Crippen molar-refractivity contribution in [1.29, 1.82) is 0 Å². The van der Waals surface area contributed by atoms with Gasteiger partial charge in [0, 0.05) is 31.3 Å². The summed E-state index contributed by atoms with van der Waals surface area (Å²) in [5.41, 5.74) is 0.416. The number of hydrogen-bond donors (Lipinski definition) is 1. The molecule has 6 heteroatoms. The Balaban J connectivity index is 1.82. The number of hydrogen-bond acceptors (Lipinski definition) is 4. The summed E-state index contributed by atoms with van der Waals surface area (Å²) in [4.78, 5) is 12.7. The average molecular weight is 293 g/mol. The zero-order chi connectivity index (χ0) is 14.8. The van der Waals surface area contributed by atoms with Crippen molar-refractivity contribution in [1.82, 2.24) is 5.32 Å². The fourth-order valence-corrected chi connectivity index (χ4v) is 3.58. The molecule has 2 aliphatic heterocycles. The number of piperidine rings is 1. The Kier molecular flexibility index (Phi) is 4.05. The second-order valence-electron chi connectivity index (χ2n) is 5.94. The first-order chi connectivity index (χ1) is 10.1. The smallest absolute Gasteiger partial charge is 0.292 e. The van der Waals surface area contributed by atoms with E-state index in [1.54, 1.807) is 0 Å². The highest BCUT2D eigenvalue weighted by Gasteiger charge is 2.31. The molecule has 2 unspecified atom stereocenters. The van der Waals surface area contributed by atoms with E-state index in [4.69, 9.17) is 0 Å². The lowest BCUT2D eigenvalue weighted by atomic mass is 9.89. The number of anilines is 1. The normalized spacial score (nSPS) is 26.0. The van der Waals surface area contributed by atoms with Crippen LogP contribution in [0.5, 0.6) is 0 Å². The maximum absolute atomic E-state index is 13.5. The van der Waals surface area contributed by atoms with Gasteiger partial charge >= 0.3 is 0 Å². The van der Waals surface area contributed by atoms with Crippen molar-refractivity contribution in [3.63, 3.8) is 0 Å². The highest BCUT2D eigenvalue weighted by molar-refractivity contribution is 5.63. The largest absolute Gasteiger partial charge is 0.366 e. The minimum absolute atomic E-state index is 0.00330. The Bertz CT molecular complexity index is 532. The molecule has 114 valence electrons. The third-order valence-electron chi connectivity index (χ3n) is 4.60. The molecule has 1 aromatic carbocycles. The number of nitro benzene ring substituents is 1. The van der Waals surface area contributed by atoms with E-state index in [2.05, 4.69) is 5.32 Å². The summed E-state index contributed by atoms with van der Waals surface area (Å²) in [5.74, 6) is 0.0702. The minimum atomic E-state index is -0.424. The first-order valence-corrected chi connectivity index (χ1v) is 7.57. The van der Waals surface area contributed by atoms with Crippen LogP contribution in [0.25, 0.3) is 0 Å². The third-order valence-corrected chi connectivity index (χ3v) is 4.60. The fourth-order valence-electron chi connectivity index (χ4n) is 3.58. The van der Waals surface area contributed by atoms with Gasteiger partial charge in [-0.25, -0.2) is 4.39 Å². The molecule has 5 nitrogen and oxygen atoms in total. The van der Waals surface area contributed by atoms with E-state index >= 15 is 0 Å². The molecular formula is C15H20FN3O2. The van der Waals surface area contributed by atoms with Gasteiger partial charge in [-0.3, -0.25) is 10.1 Å². The zero-order valence-electron chi connectivity index (χ0n) is 11.9. The van der Waals surface area contributed by atoms with Crippen LogP contribution in [0.15, 0.2) is 18.2 Å². The van der Waals surface area contributed by atoms with Gasteiger partial charge in [-0.2, -0.15) is 0 Å². The fraction of sp³-hybridized carbons (Fsp3) is 0.600. The van der Waals surface area contributed by atoms with Gasteiger partial charge in [0.25, 0.3) is 5.69 Å². The molecule has 0 bridgehead atoms. The molecule has 2 saturated heterocycles. The van der Waals surface area contributed by atoms with Crippen LogP contribution in [-0.2, 0) is 0 Å². The summed E-state index contributed by atoms with van der Waals surface area (Å²) in [5, 5.41) is 14.7. The Morgan fingerprint density at radius 1 is 1.33 bits per heavy atom. The quantitative estimate of drug-likeness (QED) is 0.687. The average Bonchev–Trinajstić information content (AvgIpc) is 3.01. The van der Waals surface area contributed by atoms with Crippen molar-refractivity contribution in [3.05, 3.63) is 34.1 Å². The van der Waals surface area contributed by atoms with Crippen molar-refractivity contribution in [2.45, 2.75) is 31.7 Å². The van der Waals surface area contributed by atoms with Crippen LogP contribution in [0.3, 0.4) is 0 Å². The summed E-state index contributed by atoms with van der Waals surface area (Å²) in [6, 6.07) is 4.21. The monoisotopic (exact) mass is 293 g/mol. The maximum Gasteiger partial charge on any atom is 0.292 e. The first-order valence-electron chi connectivity index (χ1n) is 7.57. The maximum atomic E-state index is 13.5. The van der Waals surface area contributed by atoms with Crippen LogP contribution in [0.4, 0.5) is 15.8 Å². The van der Waals surface area contributed by atoms with Crippen LogP contribution in [0, 0.1) is 21.8 Å². The molecule has 2 heterocycles. The molecule has 0 amide bonds. The van der Waals surface area contributed by atoms with E-state index in [9.17, 15) is 14.5 Å².